The Kier molecular flexibility index (Phi) is 64.3. The largest absolute Gasteiger partial charge is 0.462 e. The number of esters is 3. The van der Waals surface area contributed by atoms with Crippen LogP contribution in [0.5, 0.6) is 0 Å². The number of unbranched alkanes of at least 4 members (excludes halogenated alkanes) is 32. The lowest BCUT2D eigenvalue weighted by atomic mass is 10.0. The molecule has 0 aromatic heterocycles. The van der Waals surface area contributed by atoms with Crippen LogP contribution in [0.15, 0.2) is 109 Å². The third-order valence-corrected chi connectivity index (χ3v) is 14.5. The van der Waals surface area contributed by atoms with Crippen molar-refractivity contribution in [2.75, 3.05) is 13.2 Å². The van der Waals surface area contributed by atoms with Crippen molar-refractivity contribution in [1.29, 1.82) is 0 Å². The topological polar surface area (TPSA) is 78.9 Å². The number of allylic oxidation sites excluding steroid dienone is 18. The Bertz CT molecular complexity index is 1610. The van der Waals surface area contributed by atoms with Crippen LogP contribution in [-0.4, -0.2) is 37.2 Å². The summed E-state index contributed by atoms with van der Waals surface area (Å²) < 4.78 is 17.0. The normalized spacial score (nSPS) is 12.8. The van der Waals surface area contributed by atoms with E-state index in [0.29, 0.717) is 19.3 Å². The molecule has 0 saturated heterocycles. The van der Waals surface area contributed by atoms with Crippen molar-refractivity contribution < 1.29 is 28.6 Å². The van der Waals surface area contributed by atoms with E-state index in [2.05, 4.69) is 130 Å². The molecule has 0 fully saturated rings. The molecule has 0 aromatic rings. The molecule has 6 heteroatoms. The molecule has 458 valence electrons. The first-order chi connectivity index (χ1) is 39.5. The molecule has 0 spiro atoms. The van der Waals surface area contributed by atoms with Gasteiger partial charge in [0.05, 0.1) is 0 Å². The minimum Gasteiger partial charge on any atom is -0.462 e. The molecule has 6 nitrogen and oxygen atoms in total. The molecule has 0 heterocycles. The predicted octanol–water partition coefficient (Wildman–Crippen LogP) is 23.4. The Morgan fingerprint density at radius 1 is 0.263 bits per heavy atom. The van der Waals surface area contributed by atoms with Crippen molar-refractivity contribution in [2.24, 2.45) is 0 Å². The summed E-state index contributed by atoms with van der Waals surface area (Å²) >= 11 is 0. The van der Waals surface area contributed by atoms with Crippen molar-refractivity contribution in [1.82, 2.24) is 0 Å². The van der Waals surface area contributed by atoms with E-state index in [1.807, 2.05) is 0 Å². The maximum absolute atomic E-state index is 12.9. The molecule has 0 radical (unpaired) electrons. The third-order valence-electron chi connectivity index (χ3n) is 14.5. The first-order valence-electron chi connectivity index (χ1n) is 33.9. The highest BCUT2D eigenvalue weighted by Gasteiger charge is 2.19. The lowest BCUT2D eigenvalue weighted by Crippen LogP contribution is -2.30. The van der Waals surface area contributed by atoms with Gasteiger partial charge in [-0.15, -0.1) is 0 Å². The van der Waals surface area contributed by atoms with Crippen molar-refractivity contribution in [3.8, 4) is 0 Å². The predicted molar refractivity (Wildman–Crippen MR) is 348 cm³/mol. The molecular weight excluding hydrogens is 985 g/mol. The van der Waals surface area contributed by atoms with Gasteiger partial charge in [0.2, 0.25) is 0 Å². The Balaban J connectivity index is 4.40. The van der Waals surface area contributed by atoms with Crippen LogP contribution in [0.4, 0.5) is 0 Å². The van der Waals surface area contributed by atoms with Gasteiger partial charge in [0, 0.05) is 19.3 Å². The molecule has 0 amide bonds. The minimum absolute atomic E-state index is 0.0840. The van der Waals surface area contributed by atoms with E-state index >= 15 is 0 Å². The molecule has 0 aliphatic carbocycles. The van der Waals surface area contributed by atoms with Crippen LogP contribution >= 0.6 is 0 Å². The molecule has 0 aliphatic heterocycles. The van der Waals surface area contributed by atoms with Gasteiger partial charge in [-0.2, -0.15) is 0 Å². The van der Waals surface area contributed by atoms with Crippen LogP contribution in [0.1, 0.15) is 323 Å². The Hall–Kier alpha value is -3.93. The monoisotopic (exact) mass is 1110 g/mol. The Labute approximate surface area is 495 Å². The summed E-state index contributed by atoms with van der Waals surface area (Å²) in [6, 6.07) is 0. The summed E-state index contributed by atoms with van der Waals surface area (Å²) in [6.45, 7) is 6.52. The van der Waals surface area contributed by atoms with Gasteiger partial charge in [-0.05, 0) is 109 Å². The number of hydrogen-bond acceptors (Lipinski definition) is 6. The zero-order valence-corrected chi connectivity index (χ0v) is 52.6. The van der Waals surface area contributed by atoms with Crippen molar-refractivity contribution in [2.45, 2.75) is 329 Å². The summed E-state index contributed by atoms with van der Waals surface area (Å²) in [7, 11) is 0. The van der Waals surface area contributed by atoms with Crippen LogP contribution in [-0.2, 0) is 28.6 Å². The van der Waals surface area contributed by atoms with Crippen LogP contribution < -0.4 is 0 Å². The van der Waals surface area contributed by atoms with Gasteiger partial charge >= 0.3 is 17.9 Å². The van der Waals surface area contributed by atoms with Gasteiger partial charge in [0.1, 0.15) is 13.2 Å². The van der Waals surface area contributed by atoms with Crippen molar-refractivity contribution in [3.05, 3.63) is 109 Å². The molecular formula is C74H126O6. The maximum Gasteiger partial charge on any atom is 0.306 e. The highest BCUT2D eigenvalue weighted by Crippen LogP contribution is 2.17. The van der Waals surface area contributed by atoms with E-state index in [1.54, 1.807) is 0 Å². The molecule has 0 saturated carbocycles. The lowest BCUT2D eigenvalue weighted by Gasteiger charge is -2.18. The highest BCUT2D eigenvalue weighted by atomic mass is 16.6. The van der Waals surface area contributed by atoms with E-state index in [1.165, 1.54) is 154 Å². The van der Waals surface area contributed by atoms with E-state index < -0.39 is 6.10 Å². The molecule has 0 rings (SSSR count). The summed E-state index contributed by atoms with van der Waals surface area (Å²) in [4.78, 5) is 38.4. The second-order valence-corrected chi connectivity index (χ2v) is 22.4. The first-order valence-corrected chi connectivity index (χ1v) is 33.9. The molecule has 0 aromatic carbocycles. The second-order valence-electron chi connectivity index (χ2n) is 22.4. The third kappa shape index (κ3) is 64.9. The van der Waals surface area contributed by atoms with Gasteiger partial charge in [0.25, 0.3) is 0 Å². The SMILES string of the molecule is CC/C=C\C/C=C\C/C=C\C/C=C\C/C=C\C/C=C\C/C=C\CCCCCCCC(=O)OCC(COC(=O)CCCCCCCCCCCCCCCCCC)OC(=O)CCCCCCCCCCC/C=C\C/C=C\CCCCC. The van der Waals surface area contributed by atoms with Crippen LogP contribution in [0.25, 0.3) is 0 Å². The standard InChI is InChI=1S/C74H126O6/c1-4-7-10-13-16-19-22-25-28-31-33-34-35-36-37-38-39-40-42-43-46-49-52-55-58-61-64-67-73(76)79-70-71(69-78-72(75)66-63-60-57-54-51-48-45-30-27-24-21-18-15-12-9-6-3)80-74(77)68-65-62-59-56-53-50-47-44-41-32-29-26-23-20-17-14-11-8-5-2/h7,10,16-17,19-20,25-26,28-29,33-34,36-37,39-40,43,46,71H,4-6,8-9,11-15,18,21-24,27,30-32,35,38,41-42,44-45,47-70H2,1-3H3/b10-7-,19-16-,20-17-,28-25-,29-26-,34-33-,37-36-,40-39-,46-43-. The molecule has 80 heavy (non-hydrogen) atoms. The average molecular weight is 1110 g/mol. The smallest absolute Gasteiger partial charge is 0.306 e. The molecule has 1 atom stereocenters. The lowest BCUT2D eigenvalue weighted by molar-refractivity contribution is -0.167. The fourth-order valence-electron chi connectivity index (χ4n) is 9.45. The molecule has 0 N–H and O–H groups in total. The zero-order valence-electron chi connectivity index (χ0n) is 52.6. The van der Waals surface area contributed by atoms with Gasteiger partial charge < -0.3 is 14.2 Å². The first kappa shape index (κ1) is 76.1. The summed E-state index contributed by atoms with van der Waals surface area (Å²) in [5.74, 6) is -0.895. The van der Waals surface area contributed by atoms with E-state index in [0.717, 1.165) is 128 Å². The van der Waals surface area contributed by atoms with Crippen molar-refractivity contribution in [3.63, 3.8) is 0 Å². The maximum atomic E-state index is 12.9. The highest BCUT2D eigenvalue weighted by molar-refractivity contribution is 5.71. The number of carbonyl (C=O) groups is 3. The second kappa shape index (κ2) is 67.6. The van der Waals surface area contributed by atoms with E-state index in [-0.39, 0.29) is 31.1 Å². The quantitative estimate of drug-likeness (QED) is 0.0261. The molecule has 0 aliphatic rings. The van der Waals surface area contributed by atoms with Crippen molar-refractivity contribution >= 4 is 17.9 Å². The van der Waals surface area contributed by atoms with Crippen LogP contribution in [0.2, 0.25) is 0 Å². The van der Waals surface area contributed by atoms with E-state index in [9.17, 15) is 14.4 Å². The van der Waals surface area contributed by atoms with Gasteiger partial charge in [-0.3, -0.25) is 14.4 Å². The Morgan fingerprint density at radius 2 is 0.487 bits per heavy atom. The summed E-state index contributed by atoms with van der Waals surface area (Å²) in [5.41, 5.74) is 0. The minimum atomic E-state index is -0.790. The van der Waals surface area contributed by atoms with Gasteiger partial charge in [-0.25, -0.2) is 0 Å². The average Bonchev–Trinajstić information content (AvgIpc) is 3.46. The van der Waals surface area contributed by atoms with Crippen LogP contribution in [0.3, 0.4) is 0 Å². The number of hydrogen-bond donors (Lipinski definition) is 0. The fraction of sp³-hybridized carbons (Fsp3) is 0.716. The molecule has 1 unspecified atom stereocenters. The van der Waals surface area contributed by atoms with E-state index in [4.69, 9.17) is 14.2 Å². The number of carbonyl (C=O) groups excluding carboxylic acids is 3. The Morgan fingerprint density at radius 3 is 0.787 bits per heavy atom. The summed E-state index contributed by atoms with van der Waals surface area (Å²) in [5, 5.41) is 0. The van der Waals surface area contributed by atoms with Gasteiger partial charge in [0.15, 0.2) is 6.10 Å². The van der Waals surface area contributed by atoms with Crippen LogP contribution in [0, 0.1) is 0 Å². The zero-order chi connectivity index (χ0) is 57.8. The number of ether oxygens (including phenoxy) is 3. The fourth-order valence-corrected chi connectivity index (χ4v) is 9.45. The molecule has 0 bridgehead atoms. The summed E-state index contributed by atoms with van der Waals surface area (Å²) in [6.07, 6.45) is 92.3. The van der Waals surface area contributed by atoms with Gasteiger partial charge in [-0.1, -0.05) is 304 Å². The number of rotatable bonds is 61.